The van der Waals surface area contributed by atoms with Crippen LogP contribution in [0.3, 0.4) is 0 Å². The standard InChI is InChI=1S/C16H28N6O3.HI/c1-4-7-18-12(23)10-19-14(17-3)22-8-5-11(6-9-22)16(2)13(24)20-15(25)21-16;/h11H,4-10H2,1-3H3,(H,17,19)(H,18,23)(H2,20,21,24,25);1H. The summed E-state index contributed by atoms with van der Waals surface area (Å²) < 4.78 is 0. The molecular weight excluding hydrogens is 451 g/mol. The van der Waals surface area contributed by atoms with Gasteiger partial charge in [0.05, 0.1) is 6.54 Å². The van der Waals surface area contributed by atoms with E-state index in [2.05, 4.69) is 31.2 Å². The molecule has 0 aliphatic carbocycles. The summed E-state index contributed by atoms with van der Waals surface area (Å²) in [6, 6.07) is -0.425. The first-order valence-corrected chi connectivity index (χ1v) is 8.76. The van der Waals surface area contributed by atoms with Gasteiger partial charge in [-0.3, -0.25) is 19.9 Å². The molecule has 0 saturated carbocycles. The lowest BCUT2D eigenvalue weighted by Crippen LogP contribution is -2.55. The highest BCUT2D eigenvalue weighted by atomic mass is 127. The second kappa shape index (κ2) is 9.93. The molecule has 0 aromatic carbocycles. The number of piperidine rings is 1. The Bertz CT molecular complexity index is 562. The van der Waals surface area contributed by atoms with E-state index in [1.54, 1.807) is 14.0 Å². The molecule has 2 aliphatic heterocycles. The number of amides is 4. The SMILES string of the molecule is CCCNC(=O)CNC(=NC)N1CCC(C2(C)NC(=O)NC2=O)CC1.I. The Morgan fingerprint density at radius 2 is 1.96 bits per heavy atom. The molecule has 2 aliphatic rings. The molecule has 0 spiro atoms. The first-order valence-electron chi connectivity index (χ1n) is 8.76. The van der Waals surface area contributed by atoms with Crippen molar-refractivity contribution in [3.63, 3.8) is 0 Å². The van der Waals surface area contributed by atoms with Crippen LogP contribution in [0, 0.1) is 5.92 Å². The number of nitrogens with one attached hydrogen (secondary N) is 4. The van der Waals surface area contributed by atoms with Crippen molar-refractivity contribution in [1.29, 1.82) is 0 Å². The topological polar surface area (TPSA) is 115 Å². The Kier molecular flexibility index (Phi) is 8.57. The Morgan fingerprint density at radius 3 is 2.46 bits per heavy atom. The largest absolute Gasteiger partial charge is 0.355 e. The number of nitrogens with zero attached hydrogens (tertiary/aromatic N) is 2. The highest BCUT2D eigenvalue weighted by Gasteiger charge is 2.48. The van der Waals surface area contributed by atoms with E-state index in [1.807, 2.05) is 6.92 Å². The van der Waals surface area contributed by atoms with Crippen molar-refractivity contribution in [2.45, 2.75) is 38.6 Å². The van der Waals surface area contributed by atoms with Gasteiger partial charge in [0.25, 0.3) is 5.91 Å². The smallest absolute Gasteiger partial charge is 0.322 e. The minimum absolute atomic E-state index is 0. The number of halogens is 1. The summed E-state index contributed by atoms with van der Waals surface area (Å²) >= 11 is 0. The summed E-state index contributed by atoms with van der Waals surface area (Å²) in [4.78, 5) is 41.5. The summed E-state index contributed by atoms with van der Waals surface area (Å²) in [6.45, 7) is 6.04. The van der Waals surface area contributed by atoms with Crippen molar-refractivity contribution in [1.82, 2.24) is 26.2 Å². The fraction of sp³-hybridized carbons (Fsp3) is 0.750. The molecule has 2 rings (SSSR count). The number of aliphatic imine (C=N–C) groups is 1. The first-order chi connectivity index (χ1) is 11.9. The zero-order chi connectivity index (χ0) is 18.4. The van der Waals surface area contributed by atoms with Crippen molar-refractivity contribution in [2.24, 2.45) is 10.9 Å². The van der Waals surface area contributed by atoms with Crippen molar-refractivity contribution in [3.8, 4) is 0 Å². The van der Waals surface area contributed by atoms with E-state index in [0.29, 0.717) is 25.6 Å². The average Bonchev–Trinajstić information content (AvgIpc) is 2.87. The van der Waals surface area contributed by atoms with Crippen molar-refractivity contribution in [2.75, 3.05) is 33.2 Å². The predicted octanol–water partition coefficient (Wildman–Crippen LogP) is 0.0161. The van der Waals surface area contributed by atoms with Crippen LogP contribution in [-0.4, -0.2) is 67.5 Å². The molecular formula is C16H29IN6O3. The molecule has 0 aromatic heterocycles. The fourth-order valence-electron chi connectivity index (χ4n) is 3.33. The number of rotatable bonds is 5. The van der Waals surface area contributed by atoms with E-state index in [4.69, 9.17) is 0 Å². The van der Waals surface area contributed by atoms with Crippen LogP contribution in [0.1, 0.15) is 33.1 Å². The Morgan fingerprint density at radius 1 is 1.31 bits per heavy atom. The maximum atomic E-state index is 12.1. The van der Waals surface area contributed by atoms with Crippen molar-refractivity contribution < 1.29 is 14.4 Å². The number of carbonyl (C=O) groups excluding carboxylic acids is 3. The number of imide groups is 1. The lowest BCUT2D eigenvalue weighted by atomic mass is 9.79. The zero-order valence-electron chi connectivity index (χ0n) is 15.6. The van der Waals surface area contributed by atoms with Crippen LogP contribution in [0.2, 0.25) is 0 Å². The number of likely N-dealkylation sites (tertiary alicyclic amines) is 1. The van der Waals surface area contributed by atoms with Gasteiger partial charge in [0.2, 0.25) is 5.91 Å². The highest BCUT2D eigenvalue weighted by Crippen LogP contribution is 2.30. The van der Waals surface area contributed by atoms with E-state index in [0.717, 1.165) is 19.3 Å². The van der Waals surface area contributed by atoms with E-state index in [9.17, 15) is 14.4 Å². The molecule has 0 radical (unpaired) electrons. The monoisotopic (exact) mass is 480 g/mol. The van der Waals surface area contributed by atoms with E-state index in [1.165, 1.54) is 0 Å². The van der Waals surface area contributed by atoms with Crippen LogP contribution in [0.4, 0.5) is 4.79 Å². The molecule has 2 fully saturated rings. The van der Waals surface area contributed by atoms with E-state index < -0.39 is 11.6 Å². The summed E-state index contributed by atoms with van der Waals surface area (Å²) in [5.74, 6) is 0.429. The van der Waals surface area contributed by atoms with Crippen LogP contribution in [-0.2, 0) is 9.59 Å². The molecule has 2 heterocycles. The van der Waals surface area contributed by atoms with Gasteiger partial charge in [-0.1, -0.05) is 6.92 Å². The molecule has 10 heteroatoms. The molecule has 4 N–H and O–H groups in total. The fourth-order valence-corrected chi connectivity index (χ4v) is 3.33. The number of hydrogen-bond donors (Lipinski definition) is 4. The summed E-state index contributed by atoms with van der Waals surface area (Å²) in [6.07, 6.45) is 2.41. The molecule has 148 valence electrons. The highest BCUT2D eigenvalue weighted by molar-refractivity contribution is 14.0. The average molecular weight is 480 g/mol. The molecule has 0 aromatic rings. The third-order valence-electron chi connectivity index (χ3n) is 4.87. The summed E-state index contributed by atoms with van der Waals surface area (Å²) in [5.41, 5.74) is -0.847. The van der Waals surface area contributed by atoms with Gasteiger partial charge in [-0.25, -0.2) is 4.79 Å². The van der Waals surface area contributed by atoms with Gasteiger partial charge in [-0.15, -0.1) is 24.0 Å². The second-order valence-electron chi connectivity index (χ2n) is 6.62. The summed E-state index contributed by atoms with van der Waals surface area (Å²) in [5, 5.41) is 11.0. The molecule has 1 unspecified atom stereocenters. The first kappa shape index (κ1) is 22.5. The number of guanidine groups is 1. The minimum atomic E-state index is -0.847. The van der Waals surface area contributed by atoms with Gasteiger partial charge in [0.1, 0.15) is 5.54 Å². The molecule has 9 nitrogen and oxygen atoms in total. The van der Waals surface area contributed by atoms with Gasteiger partial charge in [0, 0.05) is 26.7 Å². The molecule has 26 heavy (non-hydrogen) atoms. The Hall–Kier alpha value is -1.59. The lowest BCUT2D eigenvalue weighted by Gasteiger charge is -2.39. The van der Waals surface area contributed by atoms with Gasteiger partial charge >= 0.3 is 6.03 Å². The third kappa shape index (κ3) is 5.21. The minimum Gasteiger partial charge on any atom is -0.355 e. The van der Waals surface area contributed by atoms with Crippen molar-refractivity contribution >= 4 is 47.8 Å². The van der Waals surface area contributed by atoms with Crippen LogP contribution in [0.25, 0.3) is 0 Å². The van der Waals surface area contributed by atoms with Crippen LogP contribution < -0.4 is 21.3 Å². The Balaban J connectivity index is 0.00000338. The lowest BCUT2D eigenvalue weighted by molar-refractivity contribution is -0.125. The predicted molar refractivity (Wildman–Crippen MR) is 109 cm³/mol. The number of hydrogen-bond acceptors (Lipinski definition) is 4. The molecule has 4 amide bonds. The molecule has 2 saturated heterocycles. The quantitative estimate of drug-likeness (QED) is 0.192. The molecule has 0 bridgehead atoms. The van der Waals surface area contributed by atoms with E-state index >= 15 is 0 Å². The maximum absolute atomic E-state index is 12.1. The normalized spacial score (nSPS) is 23.8. The summed E-state index contributed by atoms with van der Waals surface area (Å²) in [7, 11) is 1.68. The van der Waals surface area contributed by atoms with Crippen LogP contribution >= 0.6 is 24.0 Å². The molecule has 1 atom stereocenters. The Labute approximate surface area is 171 Å². The zero-order valence-corrected chi connectivity index (χ0v) is 17.9. The second-order valence-corrected chi connectivity index (χ2v) is 6.62. The van der Waals surface area contributed by atoms with Crippen LogP contribution in [0.5, 0.6) is 0 Å². The number of carbonyl (C=O) groups is 3. The van der Waals surface area contributed by atoms with Crippen LogP contribution in [0.15, 0.2) is 4.99 Å². The van der Waals surface area contributed by atoms with Gasteiger partial charge in [-0.2, -0.15) is 0 Å². The number of urea groups is 1. The van der Waals surface area contributed by atoms with Gasteiger partial charge in [-0.05, 0) is 32.1 Å². The van der Waals surface area contributed by atoms with E-state index in [-0.39, 0.29) is 48.3 Å². The third-order valence-corrected chi connectivity index (χ3v) is 4.87. The van der Waals surface area contributed by atoms with Gasteiger partial charge in [0.15, 0.2) is 5.96 Å². The van der Waals surface area contributed by atoms with Gasteiger partial charge < -0.3 is 20.9 Å². The maximum Gasteiger partial charge on any atom is 0.322 e. The van der Waals surface area contributed by atoms with Crippen molar-refractivity contribution in [3.05, 3.63) is 0 Å².